The molecule has 0 N–H and O–H groups in total. The van der Waals surface area contributed by atoms with Gasteiger partial charge in [-0.05, 0) is 61.6 Å². The van der Waals surface area contributed by atoms with Crippen LogP contribution in [-0.4, -0.2) is 13.7 Å². The molecule has 0 saturated heterocycles. The summed E-state index contributed by atoms with van der Waals surface area (Å²) in [5.41, 5.74) is 1.34. The van der Waals surface area contributed by atoms with Crippen LogP contribution in [0.2, 0.25) is 10.0 Å². The van der Waals surface area contributed by atoms with E-state index in [1.165, 1.54) is 37.7 Å². The van der Waals surface area contributed by atoms with E-state index in [4.69, 9.17) is 27.9 Å². The average molecular weight is 287 g/mol. The molecule has 1 fully saturated rings. The molecule has 0 atom stereocenters. The molecule has 1 aliphatic carbocycles. The van der Waals surface area contributed by atoms with Crippen molar-refractivity contribution >= 4 is 23.2 Å². The minimum Gasteiger partial charge on any atom is -0.385 e. The van der Waals surface area contributed by atoms with Crippen molar-refractivity contribution in [3.05, 3.63) is 33.8 Å². The second-order valence-corrected chi connectivity index (χ2v) is 5.99. The quantitative estimate of drug-likeness (QED) is 0.729. The Bertz CT molecular complexity index is 384. The van der Waals surface area contributed by atoms with E-state index in [1.807, 2.05) is 12.1 Å². The maximum atomic E-state index is 6.08. The lowest BCUT2D eigenvalue weighted by Crippen LogP contribution is -2.14. The van der Waals surface area contributed by atoms with Crippen LogP contribution in [0.25, 0.3) is 0 Å². The summed E-state index contributed by atoms with van der Waals surface area (Å²) in [4.78, 5) is 0. The second-order valence-electron chi connectivity index (χ2n) is 5.17. The molecule has 1 saturated carbocycles. The molecule has 0 heterocycles. The van der Waals surface area contributed by atoms with E-state index in [2.05, 4.69) is 6.07 Å². The number of rotatable bonds is 4. The summed E-state index contributed by atoms with van der Waals surface area (Å²) in [5, 5.41) is 1.32. The van der Waals surface area contributed by atoms with Crippen LogP contribution < -0.4 is 0 Å². The molecule has 0 bridgehead atoms. The number of ether oxygens (including phenoxy) is 1. The summed E-state index contributed by atoms with van der Waals surface area (Å²) in [6.45, 7) is 0.891. The zero-order valence-corrected chi connectivity index (χ0v) is 12.3. The Labute approximate surface area is 119 Å². The van der Waals surface area contributed by atoms with Gasteiger partial charge in [0.15, 0.2) is 0 Å². The molecule has 0 aliphatic heterocycles. The van der Waals surface area contributed by atoms with Gasteiger partial charge in [0.25, 0.3) is 0 Å². The molecule has 18 heavy (non-hydrogen) atoms. The predicted octanol–water partition coefficient (Wildman–Crippen LogP) is 5.30. The smallest absolute Gasteiger partial charge is 0.0595 e. The fraction of sp³-hybridized carbons (Fsp3) is 0.600. The summed E-state index contributed by atoms with van der Waals surface area (Å²) in [6.07, 6.45) is 6.31. The molecule has 3 heteroatoms. The largest absolute Gasteiger partial charge is 0.385 e. The number of hydrogen-bond donors (Lipinski definition) is 0. The molecule has 0 radical (unpaired) electrons. The van der Waals surface area contributed by atoms with Gasteiger partial charge in [-0.3, -0.25) is 0 Å². The van der Waals surface area contributed by atoms with Crippen LogP contribution in [0.4, 0.5) is 0 Å². The molecular formula is C15H20Cl2O. The third kappa shape index (κ3) is 3.63. The topological polar surface area (TPSA) is 9.23 Å². The molecule has 0 spiro atoms. The van der Waals surface area contributed by atoms with Crippen molar-refractivity contribution < 1.29 is 4.74 Å². The SMILES string of the molecule is COCC[C@H]1CC[C@H](c2ccc(Cl)c(Cl)c2)CC1. The van der Waals surface area contributed by atoms with Gasteiger partial charge in [0, 0.05) is 13.7 Å². The van der Waals surface area contributed by atoms with Crippen molar-refractivity contribution in [2.45, 2.75) is 38.0 Å². The number of hydrogen-bond acceptors (Lipinski definition) is 1. The lowest BCUT2D eigenvalue weighted by Gasteiger charge is -2.28. The van der Waals surface area contributed by atoms with Crippen LogP contribution in [0.1, 0.15) is 43.6 Å². The van der Waals surface area contributed by atoms with Crippen LogP contribution >= 0.6 is 23.2 Å². The molecule has 1 aliphatic rings. The van der Waals surface area contributed by atoms with Crippen LogP contribution in [-0.2, 0) is 4.74 Å². The highest BCUT2D eigenvalue weighted by atomic mass is 35.5. The van der Waals surface area contributed by atoms with E-state index in [0.717, 1.165) is 12.5 Å². The van der Waals surface area contributed by atoms with E-state index in [0.29, 0.717) is 16.0 Å². The molecular weight excluding hydrogens is 267 g/mol. The van der Waals surface area contributed by atoms with Gasteiger partial charge in [0.2, 0.25) is 0 Å². The molecule has 1 aromatic carbocycles. The molecule has 0 aromatic heterocycles. The van der Waals surface area contributed by atoms with E-state index in [-0.39, 0.29) is 0 Å². The molecule has 1 nitrogen and oxygen atoms in total. The Morgan fingerprint density at radius 2 is 1.83 bits per heavy atom. The minimum absolute atomic E-state index is 0.647. The summed E-state index contributed by atoms with van der Waals surface area (Å²) in [6, 6.07) is 6.06. The van der Waals surface area contributed by atoms with Gasteiger partial charge < -0.3 is 4.74 Å². The van der Waals surface area contributed by atoms with Crippen molar-refractivity contribution in [1.82, 2.24) is 0 Å². The highest BCUT2D eigenvalue weighted by Crippen LogP contribution is 2.38. The Morgan fingerprint density at radius 3 is 2.44 bits per heavy atom. The third-order valence-electron chi connectivity index (χ3n) is 3.99. The highest BCUT2D eigenvalue weighted by molar-refractivity contribution is 6.42. The predicted molar refractivity (Wildman–Crippen MR) is 77.7 cm³/mol. The highest BCUT2D eigenvalue weighted by Gasteiger charge is 2.22. The zero-order chi connectivity index (χ0) is 13.0. The van der Waals surface area contributed by atoms with Crippen molar-refractivity contribution in [2.75, 3.05) is 13.7 Å². The maximum absolute atomic E-state index is 6.08. The Kier molecular flexibility index (Phi) is 5.35. The third-order valence-corrected chi connectivity index (χ3v) is 4.73. The van der Waals surface area contributed by atoms with Gasteiger partial charge in [-0.15, -0.1) is 0 Å². The molecule has 1 aromatic rings. The van der Waals surface area contributed by atoms with Crippen LogP contribution in [0.5, 0.6) is 0 Å². The van der Waals surface area contributed by atoms with Gasteiger partial charge in [0.05, 0.1) is 10.0 Å². The van der Waals surface area contributed by atoms with E-state index in [1.54, 1.807) is 7.11 Å². The Balaban J connectivity index is 1.90. The van der Waals surface area contributed by atoms with Crippen molar-refractivity contribution in [2.24, 2.45) is 5.92 Å². The first-order chi connectivity index (χ1) is 8.70. The van der Waals surface area contributed by atoms with E-state index in [9.17, 15) is 0 Å². The van der Waals surface area contributed by atoms with Gasteiger partial charge in [-0.25, -0.2) is 0 Å². The summed E-state index contributed by atoms with van der Waals surface area (Å²) < 4.78 is 5.15. The minimum atomic E-state index is 0.647. The first-order valence-corrected chi connectivity index (χ1v) is 7.40. The van der Waals surface area contributed by atoms with Gasteiger partial charge in [0.1, 0.15) is 0 Å². The molecule has 100 valence electrons. The van der Waals surface area contributed by atoms with E-state index >= 15 is 0 Å². The lowest BCUT2D eigenvalue weighted by atomic mass is 9.78. The Hall–Kier alpha value is -0.240. The lowest BCUT2D eigenvalue weighted by molar-refractivity contribution is 0.163. The molecule has 2 rings (SSSR count). The zero-order valence-electron chi connectivity index (χ0n) is 10.8. The second kappa shape index (κ2) is 6.79. The van der Waals surface area contributed by atoms with Crippen LogP contribution in [0.15, 0.2) is 18.2 Å². The fourth-order valence-electron chi connectivity index (χ4n) is 2.84. The fourth-order valence-corrected chi connectivity index (χ4v) is 3.14. The van der Waals surface area contributed by atoms with Crippen LogP contribution in [0.3, 0.4) is 0 Å². The van der Waals surface area contributed by atoms with Crippen molar-refractivity contribution in [3.63, 3.8) is 0 Å². The Morgan fingerprint density at radius 1 is 1.11 bits per heavy atom. The summed E-state index contributed by atoms with van der Waals surface area (Å²) in [5.74, 6) is 1.49. The monoisotopic (exact) mass is 286 g/mol. The maximum Gasteiger partial charge on any atom is 0.0595 e. The van der Waals surface area contributed by atoms with Crippen LogP contribution in [0, 0.1) is 5.92 Å². The van der Waals surface area contributed by atoms with Crippen molar-refractivity contribution in [1.29, 1.82) is 0 Å². The van der Waals surface area contributed by atoms with Gasteiger partial charge in [-0.2, -0.15) is 0 Å². The number of methoxy groups -OCH3 is 1. The summed E-state index contributed by atoms with van der Waals surface area (Å²) >= 11 is 12.0. The van der Waals surface area contributed by atoms with Gasteiger partial charge in [-0.1, -0.05) is 29.3 Å². The first-order valence-electron chi connectivity index (χ1n) is 6.64. The molecule has 0 unspecified atom stereocenters. The van der Waals surface area contributed by atoms with Crippen molar-refractivity contribution in [3.8, 4) is 0 Å². The normalized spacial score (nSPS) is 24.2. The first kappa shape index (κ1) is 14.2. The summed E-state index contributed by atoms with van der Waals surface area (Å²) in [7, 11) is 1.78. The number of benzene rings is 1. The standard InChI is InChI=1S/C15H20Cl2O/c1-18-9-8-11-2-4-12(5-3-11)13-6-7-14(16)15(17)10-13/h6-7,10-12H,2-5,8-9H2,1H3/t11-,12-. The van der Waals surface area contributed by atoms with E-state index < -0.39 is 0 Å². The van der Waals surface area contributed by atoms with Gasteiger partial charge >= 0.3 is 0 Å². The molecule has 0 amide bonds. The average Bonchev–Trinajstić information content (AvgIpc) is 2.40. The number of halogens is 2.